The number of thioether (sulfide) groups is 1. The highest BCUT2D eigenvalue weighted by Gasteiger charge is 2.18. The van der Waals surface area contributed by atoms with Crippen LogP contribution in [0.15, 0.2) is 47.5 Å². The van der Waals surface area contributed by atoms with Crippen molar-refractivity contribution in [1.82, 2.24) is 9.97 Å². The number of anilines is 1. The number of nitrogens with one attached hydrogen (secondary N) is 1. The number of hydrogen-bond acceptors (Lipinski definition) is 4. The molecule has 1 amide bonds. The summed E-state index contributed by atoms with van der Waals surface area (Å²) in [4.78, 5) is 21.6. The highest BCUT2D eigenvalue weighted by Crippen LogP contribution is 2.29. The van der Waals surface area contributed by atoms with Crippen molar-refractivity contribution < 1.29 is 4.79 Å². The lowest BCUT2D eigenvalue weighted by molar-refractivity contribution is -0.115. The molecule has 0 saturated carbocycles. The Labute approximate surface area is 152 Å². The van der Waals surface area contributed by atoms with Gasteiger partial charge in [-0.3, -0.25) is 4.79 Å². The van der Waals surface area contributed by atoms with E-state index in [0.717, 1.165) is 27.2 Å². The van der Waals surface area contributed by atoms with E-state index in [2.05, 4.69) is 21.4 Å². The number of hydrogen-bond donors (Lipinski definition) is 1. The number of aromatic nitrogens is 2. The molecule has 0 aliphatic carbocycles. The molecule has 0 saturated heterocycles. The van der Waals surface area contributed by atoms with Crippen LogP contribution < -0.4 is 5.32 Å². The third kappa shape index (κ3) is 3.99. The second kappa shape index (κ2) is 7.23. The molecule has 0 spiro atoms. The van der Waals surface area contributed by atoms with E-state index in [0.29, 0.717) is 5.82 Å². The van der Waals surface area contributed by atoms with E-state index in [4.69, 9.17) is 0 Å². The van der Waals surface area contributed by atoms with Gasteiger partial charge in [0.2, 0.25) is 5.91 Å². The number of amides is 1. The third-order valence-corrected chi connectivity index (χ3v) is 5.08. The Morgan fingerprint density at radius 3 is 2.60 bits per heavy atom. The minimum Gasteiger partial charge on any atom is -0.325 e. The summed E-state index contributed by atoms with van der Waals surface area (Å²) in [6.07, 6.45) is 0. The fourth-order valence-corrected chi connectivity index (χ4v) is 3.64. The van der Waals surface area contributed by atoms with Crippen LogP contribution in [0.4, 0.5) is 5.69 Å². The lowest BCUT2D eigenvalue weighted by Crippen LogP contribution is -2.23. The van der Waals surface area contributed by atoms with Crippen molar-refractivity contribution in [3.05, 3.63) is 59.4 Å². The van der Waals surface area contributed by atoms with Gasteiger partial charge in [-0.25, -0.2) is 9.97 Å². The zero-order valence-electron chi connectivity index (χ0n) is 14.8. The first-order chi connectivity index (χ1) is 11.9. The Balaban J connectivity index is 1.80. The molecule has 0 bridgehead atoms. The minimum atomic E-state index is -0.265. The molecule has 3 rings (SSSR count). The van der Waals surface area contributed by atoms with Gasteiger partial charge in [0.1, 0.15) is 10.9 Å². The van der Waals surface area contributed by atoms with Crippen LogP contribution in [0, 0.1) is 20.8 Å². The molecule has 1 N–H and O–H groups in total. The summed E-state index contributed by atoms with van der Waals surface area (Å²) < 4.78 is 0. The Morgan fingerprint density at radius 2 is 1.84 bits per heavy atom. The molecule has 1 atom stereocenters. The molecule has 2 aromatic carbocycles. The molecule has 0 aliphatic rings. The van der Waals surface area contributed by atoms with Gasteiger partial charge in [0, 0.05) is 11.1 Å². The quantitative estimate of drug-likeness (QED) is 0.548. The number of carbonyl (C=O) groups is 1. The topological polar surface area (TPSA) is 54.9 Å². The first-order valence-electron chi connectivity index (χ1n) is 8.22. The van der Waals surface area contributed by atoms with Gasteiger partial charge in [-0.1, -0.05) is 47.7 Å². The van der Waals surface area contributed by atoms with Crippen LogP contribution >= 0.6 is 11.8 Å². The van der Waals surface area contributed by atoms with Gasteiger partial charge < -0.3 is 5.32 Å². The maximum Gasteiger partial charge on any atom is 0.237 e. The van der Waals surface area contributed by atoms with Crippen molar-refractivity contribution in [3.63, 3.8) is 0 Å². The molecule has 4 nitrogen and oxygen atoms in total. The second-order valence-corrected chi connectivity index (χ2v) is 7.49. The highest BCUT2D eigenvalue weighted by atomic mass is 32.2. The standard InChI is InChI=1S/C20H21N3OS/c1-12-9-10-17(13(2)11-12)23-19(24)14(3)25-20-16-7-5-6-8-18(16)21-15(4)22-20/h5-11,14H,1-4H3,(H,23,24)/t14-/m0/s1. The summed E-state index contributed by atoms with van der Waals surface area (Å²) in [5.74, 6) is 0.681. The molecule has 5 heteroatoms. The maximum absolute atomic E-state index is 12.6. The van der Waals surface area contributed by atoms with Crippen molar-refractivity contribution in [3.8, 4) is 0 Å². The Bertz CT molecular complexity index is 939. The molecule has 128 valence electrons. The van der Waals surface area contributed by atoms with Gasteiger partial charge in [-0.05, 0) is 45.4 Å². The van der Waals surface area contributed by atoms with E-state index >= 15 is 0 Å². The van der Waals surface area contributed by atoms with Crippen LogP contribution in [0.2, 0.25) is 0 Å². The van der Waals surface area contributed by atoms with Crippen molar-refractivity contribution in [1.29, 1.82) is 0 Å². The van der Waals surface area contributed by atoms with Crippen LogP contribution in [0.3, 0.4) is 0 Å². The molecule has 3 aromatic rings. The molecule has 0 radical (unpaired) electrons. The first-order valence-corrected chi connectivity index (χ1v) is 9.10. The highest BCUT2D eigenvalue weighted by molar-refractivity contribution is 8.00. The number of benzene rings is 2. The molecule has 1 aromatic heterocycles. The maximum atomic E-state index is 12.6. The number of rotatable bonds is 4. The number of aryl methyl sites for hydroxylation is 3. The van der Waals surface area contributed by atoms with Gasteiger partial charge in [0.15, 0.2) is 0 Å². The molecule has 1 heterocycles. The van der Waals surface area contributed by atoms with Gasteiger partial charge in [-0.15, -0.1) is 0 Å². The second-order valence-electron chi connectivity index (χ2n) is 6.16. The van der Waals surface area contributed by atoms with E-state index in [9.17, 15) is 4.79 Å². The summed E-state index contributed by atoms with van der Waals surface area (Å²) in [7, 11) is 0. The molecule has 25 heavy (non-hydrogen) atoms. The van der Waals surface area contributed by atoms with E-state index in [1.54, 1.807) is 0 Å². The zero-order valence-corrected chi connectivity index (χ0v) is 15.6. The van der Waals surface area contributed by atoms with Crippen LogP contribution in [0.25, 0.3) is 10.9 Å². The van der Waals surface area contributed by atoms with Crippen molar-refractivity contribution in [2.45, 2.75) is 38.0 Å². The third-order valence-electron chi connectivity index (χ3n) is 3.98. The van der Waals surface area contributed by atoms with E-state index in [-0.39, 0.29) is 11.2 Å². The van der Waals surface area contributed by atoms with Crippen molar-refractivity contribution >= 4 is 34.3 Å². The summed E-state index contributed by atoms with van der Waals surface area (Å²) in [5, 5.41) is 4.57. The van der Waals surface area contributed by atoms with E-state index in [1.165, 1.54) is 17.3 Å². The Hall–Kier alpha value is -2.40. The SMILES string of the molecule is Cc1ccc(NC(=O)[C@H](C)Sc2nc(C)nc3ccccc23)c(C)c1. The van der Waals surface area contributed by atoms with E-state index < -0.39 is 0 Å². The molecule has 0 unspecified atom stereocenters. The van der Waals surface area contributed by atoms with Crippen molar-refractivity contribution in [2.24, 2.45) is 0 Å². The summed E-state index contributed by atoms with van der Waals surface area (Å²) in [6, 6.07) is 13.9. The van der Waals surface area contributed by atoms with Gasteiger partial charge in [0.05, 0.1) is 10.8 Å². The lowest BCUT2D eigenvalue weighted by Gasteiger charge is -2.14. The molecule has 0 aliphatic heterocycles. The first kappa shape index (κ1) is 17.4. The largest absolute Gasteiger partial charge is 0.325 e. The van der Waals surface area contributed by atoms with Crippen LogP contribution in [-0.2, 0) is 4.79 Å². The molecule has 0 fully saturated rings. The van der Waals surface area contributed by atoms with E-state index in [1.807, 2.05) is 64.1 Å². The summed E-state index contributed by atoms with van der Waals surface area (Å²) >= 11 is 1.46. The summed E-state index contributed by atoms with van der Waals surface area (Å²) in [5.41, 5.74) is 4.00. The minimum absolute atomic E-state index is 0.0303. The number of carbonyl (C=O) groups excluding carboxylic acids is 1. The number of fused-ring (bicyclic) bond motifs is 1. The average molecular weight is 351 g/mol. The molecular formula is C20H21N3OS. The van der Waals surface area contributed by atoms with Gasteiger partial charge >= 0.3 is 0 Å². The van der Waals surface area contributed by atoms with Crippen LogP contribution in [0.5, 0.6) is 0 Å². The Kier molecular flexibility index (Phi) is 5.04. The zero-order chi connectivity index (χ0) is 18.0. The lowest BCUT2D eigenvalue weighted by atomic mass is 10.1. The van der Waals surface area contributed by atoms with Crippen LogP contribution in [0.1, 0.15) is 23.9 Å². The summed E-state index contributed by atoms with van der Waals surface area (Å²) in [6.45, 7) is 7.81. The van der Waals surface area contributed by atoms with Gasteiger partial charge in [0.25, 0.3) is 0 Å². The van der Waals surface area contributed by atoms with Crippen LogP contribution in [-0.4, -0.2) is 21.1 Å². The van der Waals surface area contributed by atoms with Crippen molar-refractivity contribution in [2.75, 3.05) is 5.32 Å². The smallest absolute Gasteiger partial charge is 0.237 e. The Morgan fingerprint density at radius 1 is 1.08 bits per heavy atom. The number of nitrogens with zero attached hydrogens (tertiary/aromatic N) is 2. The normalized spacial score (nSPS) is 12.2. The monoisotopic (exact) mass is 351 g/mol. The number of para-hydroxylation sites is 1. The predicted molar refractivity (Wildman–Crippen MR) is 104 cm³/mol. The molecular weight excluding hydrogens is 330 g/mol. The average Bonchev–Trinajstić information content (AvgIpc) is 2.57. The van der Waals surface area contributed by atoms with Gasteiger partial charge in [-0.2, -0.15) is 0 Å². The predicted octanol–water partition coefficient (Wildman–Crippen LogP) is 4.67. The fourth-order valence-electron chi connectivity index (χ4n) is 2.66. The fraction of sp³-hybridized carbons (Fsp3) is 0.250.